The van der Waals surface area contributed by atoms with E-state index in [9.17, 15) is 13.2 Å². The van der Waals surface area contributed by atoms with E-state index in [1.807, 2.05) is 5.38 Å². The fourth-order valence-corrected chi connectivity index (χ4v) is 4.53. The highest BCUT2D eigenvalue weighted by atomic mass is 35.5. The van der Waals surface area contributed by atoms with E-state index >= 15 is 0 Å². The van der Waals surface area contributed by atoms with E-state index in [2.05, 4.69) is 25.4 Å². The van der Waals surface area contributed by atoms with E-state index in [0.717, 1.165) is 43.4 Å². The Balaban J connectivity index is 0.00000196. The van der Waals surface area contributed by atoms with Crippen LogP contribution in [0.4, 0.5) is 13.2 Å². The lowest BCUT2D eigenvalue weighted by Gasteiger charge is -2.28. The first-order valence-corrected chi connectivity index (χ1v) is 9.29. The van der Waals surface area contributed by atoms with Crippen LogP contribution in [0.25, 0.3) is 0 Å². The van der Waals surface area contributed by atoms with E-state index in [-0.39, 0.29) is 12.4 Å². The Morgan fingerprint density at radius 2 is 2.04 bits per heavy atom. The minimum Gasteiger partial charge on any atom is -0.317 e. The van der Waals surface area contributed by atoms with Crippen molar-refractivity contribution in [2.75, 3.05) is 13.1 Å². The van der Waals surface area contributed by atoms with Gasteiger partial charge >= 0.3 is 6.18 Å². The summed E-state index contributed by atoms with van der Waals surface area (Å²) in [4.78, 5) is 6.61. The topological polar surface area (TPSA) is 56.8 Å². The van der Waals surface area contributed by atoms with Crippen LogP contribution in [0.2, 0.25) is 0 Å². The average molecular weight is 408 g/mol. The molecule has 3 heterocycles. The summed E-state index contributed by atoms with van der Waals surface area (Å²) in [5.41, 5.74) is -0.0426. The lowest BCUT2D eigenvalue weighted by molar-refractivity contribution is -0.141. The average Bonchev–Trinajstić information content (AvgIpc) is 3.00. The van der Waals surface area contributed by atoms with E-state index in [0.29, 0.717) is 30.2 Å². The maximum absolute atomic E-state index is 12.8. The molecule has 26 heavy (non-hydrogen) atoms. The third-order valence-electron chi connectivity index (χ3n) is 5.30. The Labute approximate surface area is 159 Å². The molecular weight excluding hydrogens is 387 g/mol. The summed E-state index contributed by atoms with van der Waals surface area (Å²) in [5, 5.41) is 12.3. The summed E-state index contributed by atoms with van der Waals surface area (Å²) in [6, 6.07) is 1.52. The monoisotopic (exact) mass is 407 g/mol. The lowest BCUT2D eigenvalue weighted by atomic mass is 9.93. The van der Waals surface area contributed by atoms with Gasteiger partial charge in [-0.15, -0.1) is 23.7 Å². The Hall–Kier alpha value is -1.16. The number of halogens is 4. The molecule has 1 aliphatic carbocycles. The van der Waals surface area contributed by atoms with Crippen LogP contribution in [0.1, 0.15) is 35.7 Å². The van der Waals surface area contributed by atoms with Crippen molar-refractivity contribution in [3.63, 3.8) is 0 Å². The number of aromatic amines is 1. The van der Waals surface area contributed by atoms with Crippen molar-refractivity contribution in [3.05, 3.63) is 34.0 Å². The van der Waals surface area contributed by atoms with Crippen molar-refractivity contribution in [2.45, 2.75) is 44.6 Å². The van der Waals surface area contributed by atoms with Crippen molar-refractivity contribution < 1.29 is 13.2 Å². The maximum atomic E-state index is 12.8. The highest BCUT2D eigenvalue weighted by Crippen LogP contribution is 2.56. The van der Waals surface area contributed by atoms with E-state index in [1.165, 1.54) is 0 Å². The van der Waals surface area contributed by atoms with Crippen LogP contribution < -0.4 is 5.32 Å². The van der Waals surface area contributed by atoms with Gasteiger partial charge in [0, 0.05) is 29.9 Å². The molecule has 2 N–H and O–H groups in total. The second-order valence-corrected chi connectivity index (χ2v) is 7.92. The van der Waals surface area contributed by atoms with Crippen molar-refractivity contribution in [3.8, 4) is 0 Å². The van der Waals surface area contributed by atoms with Gasteiger partial charge in [0.15, 0.2) is 5.69 Å². The van der Waals surface area contributed by atoms with Crippen LogP contribution in [-0.2, 0) is 19.3 Å². The molecule has 0 amide bonds. The molecule has 144 valence electrons. The molecule has 1 saturated heterocycles. The van der Waals surface area contributed by atoms with Gasteiger partial charge in [-0.05, 0) is 43.8 Å². The quantitative estimate of drug-likeness (QED) is 0.797. The molecule has 2 aromatic rings. The first kappa shape index (κ1) is 19.6. The Kier molecular flexibility index (Phi) is 5.62. The number of hydrogen-bond donors (Lipinski definition) is 2. The number of H-pyrrole nitrogens is 1. The summed E-state index contributed by atoms with van der Waals surface area (Å²) >= 11 is 1.58. The highest BCUT2D eigenvalue weighted by molar-refractivity contribution is 7.09. The molecule has 2 fully saturated rings. The number of nitrogens with zero attached hydrogens (tertiary/aromatic N) is 3. The van der Waals surface area contributed by atoms with E-state index < -0.39 is 11.9 Å². The van der Waals surface area contributed by atoms with Gasteiger partial charge in [-0.1, -0.05) is 0 Å². The number of hydrogen-bond acceptors (Lipinski definition) is 5. The van der Waals surface area contributed by atoms with Crippen molar-refractivity contribution in [1.82, 2.24) is 25.4 Å². The first-order chi connectivity index (χ1) is 12.0. The van der Waals surface area contributed by atoms with E-state index in [1.54, 1.807) is 17.5 Å². The molecule has 10 heteroatoms. The molecule has 2 aromatic heterocycles. The number of piperidine rings is 1. The molecule has 4 rings (SSSR count). The van der Waals surface area contributed by atoms with Gasteiger partial charge in [0.05, 0.1) is 6.54 Å². The van der Waals surface area contributed by atoms with Gasteiger partial charge in [-0.3, -0.25) is 10.00 Å². The number of thiazole rings is 1. The predicted octanol–water partition coefficient (Wildman–Crippen LogP) is 3.45. The summed E-state index contributed by atoms with van der Waals surface area (Å²) in [6.07, 6.45) is 0.722. The number of nitrogens with one attached hydrogen (secondary N) is 2. The molecule has 1 unspecified atom stereocenters. The second kappa shape index (κ2) is 7.46. The SMILES string of the molecule is Cl.FC(F)(F)c1cc(CN(Cc2nccs2)C2CC23CCNCC3)[nH]n1. The molecular formula is C16H21ClF3N5S. The van der Waals surface area contributed by atoms with Gasteiger partial charge in [0.1, 0.15) is 5.01 Å². The Morgan fingerprint density at radius 1 is 1.27 bits per heavy atom. The number of aromatic nitrogens is 3. The van der Waals surface area contributed by atoms with Crippen molar-refractivity contribution >= 4 is 23.7 Å². The molecule has 2 aliphatic rings. The van der Waals surface area contributed by atoms with Crippen LogP contribution in [0.5, 0.6) is 0 Å². The molecule has 1 saturated carbocycles. The minimum atomic E-state index is -4.41. The number of alkyl halides is 3. The zero-order valence-corrected chi connectivity index (χ0v) is 15.7. The Morgan fingerprint density at radius 3 is 2.65 bits per heavy atom. The largest absolute Gasteiger partial charge is 0.435 e. The fourth-order valence-electron chi connectivity index (χ4n) is 3.89. The van der Waals surface area contributed by atoms with Crippen molar-refractivity contribution in [2.24, 2.45) is 5.41 Å². The highest BCUT2D eigenvalue weighted by Gasteiger charge is 2.56. The van der Waals surface area contributed by atoms with Crippen LogP contribution in [-0.4, -0.2) is 39.2 Å². The van der Waals surface area contributed by atoms with Gasteiger partial charge in [0.25, 0.3) is 0 Å². The third kappa shape index (κ3) is 4.05. The molecule has 0 radical (unpaired) electrons. The summed E-state index contributed by atoms with van der Waals surface area (Å²) < 4.78 is 38.4. The molecule has 1 spiro atoms. The Bertz CT molecular complexity index is 712. The molecule has 1 aliphatic heterocycles. The zero-order chi connectivity index (χ0) is 17.5. The first-order valence-electron chi connectivity index (χ1n) is 8.41. The summed E-state index contributed by atoms with van der Waals surface area (Å²) in [7, 11) is 0. The second-order valence-electron chi connectivity index (χ2n) is 6.94. The fraction of sp³-hybridized carbons (Fsp3) is 0.625. The van der Waals surface area contributed by atoms with Crippen LogP contribution in [0.3, 0.4) is 0 Å². The normalized spacial score (nSPS) is 21.8. The number of rotatable bonds is 5. The molecule has 0 aromatic carbocycles. The van der Waals surface area contributed by atoms with Gasteiger partial charge in [0.2, 0.25) is 0 Å². The van der Waals surface area contributed by atoms with E-state index in [4.69, 9.17) is 0 Å². The van der Waals surface area contributed by atoms with Gasteiger partial charge in [-0.25, -0.2) is 4.98 Å². The molecule has 0 bridgehead atoms. The smallest absolute Gasteiger partial charge is 0.317 e. The van der Waals surface area contributed by atoms with Crippen LogP contribution >= 0.6 is 23.7 Å². The lowest BCUT2D eigenvalue weighted by Crippen LogP contribution is -2.35. The molecule has 5 nitrogen and oxygen atoms in total. The predicted molar refractivity (Wildman–Crippen MR) is 95.1 cm³/mol. The van der Waals surface area contributed by atoms with Crippen LogP contribution in [0, 0.1) is 5.41 Å². The van der Waals surface area contributed by atoms with Crippen molar-refractivity contribution in [1.29, 1.82) is 0 Å². The zero-order valence-electron chi connectivity index (χ0n) is 14.1. The van der Waals surface area contributed by atoms with Gasteiger partial charge in [-0.2, -0.15) is 18.3 Å². The minimum absolute atomic E-state index is 0. The van der Waals surface area contributed by atoms with Crippen LogP contribution in [0.15, 0.2) is 17.6 Å². The third-order valence-corrected chi connectivity index (χ3v) is 6.07. The summed E-state index contributed by atoms with van der Waals surface area (Å²) in [6.45, 7) is 3.13. The van der Waals surface area contributed by atoms with Gasteiger partial charge < -0.3 is 5.32 Å². The summed E-state index contributed by atoms with van der Waals surface area (Å²) in [5.74, 6) is 0. The standard InChI is InChI=1S/C16H20F3N5S.ClH/c17-16(18,19)12-7-11(22-23-12)9-24(10-14-21-5-6-25-14)13-8-15(13)1-3-20-4-2-15;/h5-7,13,20H,1-4,8-10H2,(H,22,23);1H. The molecule has 1 atom stereocenters. The maximum Gasteiger partial charge on any atom is 0.435 e.